The lowest BCUT2D eigenvalue weighted by atomic mass is 9.58. The van der Waals surface area contributed by atoms with Crippen molar-refractivity contribution in [1.29, 1.82) is 0 Å². The summed E-state index contributed by atoms with van der Waals surface area (Å²) < 4.78 is 11.9. The number of fused-ring (bicyclic) bond motifs is 2. The first-order valence-corrected chi connectivity index (χ1v) is 7.84. The van der Waals surface area contributed by atoms with Gasteiger partial charge in [-0.05, 0) is 38.0 Å². The predicted molar refractivity (Wildman–Crippen MR) is 69.0 cm³/mol. The standard InChI is InChI=1S/C15H24O5/c1-8-4-5-11-9(2)12(16)17-13-15(11)10(8)6-7-14(3,18-13)19-20-15/h8-13,16H,4-7H2,1-3H3/t8-,9-,10+,11+,12?,13+,14-,15-/m1/s1. The van der Waals surface area contributed by atoms with Crippen molar-refractivity contribution in [3.63, 3.8) is 0 Å². The highest BCUT2D eigenvalue weighted by Gasteiger charge is 2.69. The molecule has 0 aromatic rings. The summed E-state index contributed by atoms with van der Waals surface area (Å²) in [6, 6.07) is 0. The first-order valence-electron chi connectivity index (χ1n) is 7.84. The van der Waals surface area contributed by atoms with Crippen LogP contribution < -0.4 is 0 Å². The molecule has 1 N–H and O–H groups in total. The number of hydrogen-bond acceptors (Lipinski definition) is 5. The molecule has 5 heteroatoms. The van der Waals surface area contributed by atoms with Crippen molar-refractivity contribution >= 4 is 0 Å². The van der Waals surface area contributed by atoms with E-state index in [1.54, 1.807) is 0 Å². The minimum absolute atomic E-state index is 0.0379. The van der Waals surface area contributed by atoms with Gasteiger partial charge in [-0.1, -0.05) is 13.8 Å². The van der Waals surface area contributed by atoms with Crippen LogP contribution in [0.3, 0.4) is 0 Å². The van der Waals surface area contributed by atoms with E-state index in [2.05, 4.69) is 6.92 Å². The summed E-state index contributed by atoms with van der Waals surface area (Å²) in [7, 11) is 0. The maximum atomic E-state index is 10.2. The molecule has 0 aromatic heterocycles. The van der Waals surface area contributed by atoms with Gasteiger partial charge in [-0.2, -0.15) is 0 Å². The van der Waals surface area contributed by atoms with Gasteiger partial charge < -0.3 is 14.6 Å². The molecule has 8 atom stereocenters. The molecule has 0 amide bonds. The zero-order valence-corrected chi connectivity index (χ0v) is 12.4. The molecule has 2 bridgehead atoms. The molecule has 20 heavy (non-hydrogen) atoms. The Morgan fingerprint density at radius 1 is 1.05 bits per heavy atom. The van der Waals surface area contributed by atoms with Crippen LogP contribution in [-0.2, 0) is 19.2 Å². The van der Waals surface area contributed by atoms with Crippen LogP contribution in [0.25, 0.3) is 0 Å². The van der Waals surface area contributed by atoms with Crippen molar-refractivity contribution in [2.75, 3.05) is 0 Å². The molecule has 1 saturated carbocycles. The van der Waals surface area contributed by atoms with Crippen LogP contribution in [0.2, 0.25) is 0 Å². The summed E-state index contributed by atoms with van der Waals surface area (Å²) in [4.78, 5) is 11.6. The van der Waals surface area contributed by atoms with Crippen LogP contribution in [0.4, 0.5) is 0 Å². The van der Waals surface area contributed by atoms with Gasteiger partial charge in [0.2, 0.25) is 5.79 Å². The van der Waals surface area contributed by atoms with E-state index in [0.29, 0.717) is 11.8 Å². The molecule has 1 unspecified atom stereocenters. The first-order chi connectivity index (χ1) is 9.46. The molecule has 0 radical (unpaired) electrons. The topological polar surface area (TPSA) is 57.2 Å². The van der Waals surface area contributed by atoms with Crippen molar-refractivity contribution < 1.29 is 24.4 Å². The van der Waals surface area contributed by atoms with Crippen LogP contribution in [0, 0.1) is 23.7 Å². The highest BCUT2D eigenvalue weighted by atomic mass is 17.3. The second-order valence-corrected chi connectivity index (χ2v) is 7.30. The summed E-state index contributed by atoms with van der Waals surface area (Å²) in [5.41, 5.74) is -0.549. The van der Waals surface area contributed by atoms with Crippen molar-refractivity contribution in [3.8, 4) is 0 Å². The Labute approximate surface area is 119 Å². The van der Waals surface area contributed by atoms with Gasteiger partial charge in [0.1, 0.15) is 0 Å². The fourth-order valence-electron chi connectivity index (χ4n) is 4.89. The molecule has 5 nitrogen and oxygen atoms in total. The molecule has 4 aliphatic heterocycles. The van der Waals surface area contributed by atoms with E-state index >= 15 is 0 Å². The Bertz CT molecular complexity index is 411. The Hall–Kier alpha value is -0.200. The van der Waals surface area contributed by atoms with Crippen LogP contribution >= 0.6 is 0 Å². The molecular weight excluding hydrogens is 260 g/mol. The molecule has 5 aliphatic rings. The quantitative estimate of drug-likeness (QED) is 0.691. The minimum Gasteiger partial charge on any atom is -0.368 e. The molecular formula is C15H24O5. The molecule has 4 saturated heterocycles. The van der Waals surface area contributed by atoms with Crippen molar-refractivity contribution in [2.24, 2.45) is 23.7 Å². The molecule has 114 valence electrons. The molecule has 4 heterocycles. The van der Waals surface area contributed by atoms with Crippen molar-refractivity contribution in [2.45, 2.75) is 70.4 Å². The summed E-state index contributed by atoms with van der Waals surface area (Å²) in [5, 5.41) is 10.2. The zero-order chi connectivity index (χ0) is 14.1. The second kappa shape index (κ2) is 4.17. The minimum atomic E-state index is -0.781. The smallest absolute Gasteiger partial charge is 0.201 e. The van der Waals surface area contributed by atoms with E-state index in [4.69, 9.17) is 19.2 Å². The number of aliphatic hydroxyl groups is 1. The highest BCUT2D eigenvalue weighted by molar-refractivity contribution is 5.08. The summed E-state index contributed by atoms with van der Waals surface area (Å²) in [6.45, 7) is 6.22. The Morgan fingerprint density at radius 2 is 1.85 bits per heavy atom. The van der Waals surface area contributed by atoms with Crippen molar-refractivity contribution in [3.05, 3.63) is 0 Å². The Morgan fingerprint density at radius 3 is 2.65 bits per heavy atom. The SMILES string of the molecule is C[C@@H]1CC[C@H]2[C@@H](C)C(O)O[C@H]3O[C@@]4(C)CC[C@@H]1[C@]32OO4. The molecule has 1 spiro atoms. The van der Waals surface area contributed by atoms with Gasteiger partial charge in [-0.25, -0.2) is 9.78 Å². The molecule has 0 aromatic carbocycles. The van der Waals surface area contributed by atoms with Gasteiger partial charge >= 0.3 is 0 Å². The van der Waals surface area contributed by atoms with E-state index in [9.17, 15) is 5.11 Å². The number of hydrogen-bond donors (Lipinski definition) is 1. The largest absolute Gasteiger partial charge is 0.368 e. The second-order valence-electron chi connectivity index (χ2n) is 7.30. The summed E-state index contributed by atoms with van der Waals surface area (Å²) in [6.07, 6.45) is 2.72. The van der Waals surface area contributed by atoms with Crippen LogP contribution in [-0.4, -0.2) is 29.1 Å². The van der Waals surface area contributed by atoms with Gasteiger partial charge in [0.05, 0.1) is 0 Å². The van der Waals surface area contributed by atoms with Crippen LogP contribution in [0.5, 0.6) is 0 Å². The van der Waals surface area contributed by atoms with Gasteiger partial charge in [-0.3, -0.25) is 0 Å². The first kappa shape index (κ1) is 13.5. The fraction of sp³-hybridized carbons (Fsp3) is 1.00. The lowest BCUT2D eigenvalue weighted by Crippen LogP contribution is -2.70. The molecule has 5 rings (SSSR count). The fourth-order valence-corrected chi connectivity index (χ4v) is 4.89. The van der Waals surface area contributed by atoms with E-state index in [1.165, 1.54) is 6.42 Å². The van der Waals surface area contributed by atoms with Gasteiger partial charge in [0.15, 0.2) is 18.2 Å². The van der Waals surface area contributed by atoms with Gasteiger partial charge in [0.25, 0.3) is 0 Å². The molecule has 1 aliphatic carbocycles. The Balaban J connectivity index is 1.82. The maximum Gasteiger partial charge on any atom is 0.201 e. The number of aliphatic hydroxyl groups excluding tert-OH is 1. The van der Waals surface area contributed by atoms with Crippen LogP contribution in [0.15, 0.2) is 0 Å². The lowest BCUT2D eigenvalue weighted by molar-refractivity contribution is -0.576. The third-order valence-electron chi connectivity index (χ3n) is 6.12. The average Bonchev–Trinajstić information content (AvgIpc) is 2.63. The van der Waals surface area contributed by atoms with E-state index in [0.717, 1.165) is 19.3 Å². The lowest BCUT2D eigenvalue weighted by Gasteiger charge is -2.59. The van der Waals surface area contributed by atoms with E-state index < -0.39 is 24.0 Å². The average molecular weight is 284 g/mol. The molecule has 5 fully saturated rings. The number of rotatable bonds is 0. The van der Waals surface area contributed by atoms with Gasteiger partial charge in [-0.15, -0.1) is 0 Å². The summed E-state index contributed by atoms with van der Waals surface area (Å²) >= 11 is 0. The summed E-state index contributed by atoms with van der Waals surface area (Å²) in [5.74, 6) is 0.437. The van der Waals surface area contributed by atoms with Crippen molar-refractivity contribution in [1.82, 2.24) is 0 Å². The van der Waals surface area contributed by atoms with E-state index in [1.807, 2.05) is 13.8 Å². The monoisotopic (exact) mass is 284 g/mol. The number of ether oxygens (including phenoxy) is 2. The third-order valence-corrected chi connectivity index (χ3v) is 6.12. The third kappa shape index (κ3) is 1.56. The maximum absolute atomic E-state index is 10.2. The highest BCUT2D eigenvalue weighted by Crippen LogP contribution is 2.60. The van der Waals surface area contributed by atoms with Crippen LogP contribution in [0.1, 0.15) is 46.5 Å². The predicted octanol–water partition coefficient (Wildman–Crippen LogP) is 2.19. The normalized spacial score (nSPS) is 61.8. The Kier molecular flexibility index (Phi) is 2.81. The van der Waals surface area contributed by atoms with E-state index in [-0.39, 0.29) is 11.8 Å². The zero-order valence-electron chi connectivity index (χ0n) is 12.4. The van der Waals surface area contributed by atoms with Gasteiger partial charge in [0, 0.05) is 18.3 Å².